The molecule has 530 valence electrons. The zero-order valence-electron chi connectivity index (χ0n) is 57.5. The van der Waals surface area contributed by atoms with Crippen molar-refractivity contribution < 1.29 is 101 Å². The largest absolute Gasteiger partial charge is 0.495 e. The molecule has 0 unspecified atom stereocenters. The van der Waals surface area contributed by atoms with Gasteiger partial charge in [-0.2, -0.15) is 0 Å². The van der Waals surface area contributed by atoms with Gasteiger partial charge in [-0.15, -0.1) is 0 Å². The van der Waals surface area contributed by atoms with Crippen molar-refractivity contribution in [3.63, 3.8) is 0 Å². The summed E-state index contributed by atoms with van der Waals surface area (Å²) in [5.74, 6) is -2.47. The van der Waals surface area contributed by atoms with Crippen molar-refractivity contribution in [1.82, 2.24) is 0 Å². The van der Waals surface area contributed by atoms with Crippen LogP contribution in [0.4, 0.5) is 43.7 Å². The first-order valence-electron chi connectivity index (χ1n) is 31.2. The minimum absolute atomic E-state index is 0.0572. The van der Waals surface area contributed by atoms with Crippen LogP contribution in [0.25, 0.3) is 0 Å². The highest BCUT2D eigenvalue weighted by molar-refractivity contribution is 6.10. The topological polar surface area (TPSA) is 359 Å². The number of rotatable bonds is 28. The normalized spacial score (nSPS) is 10.8. The fourth-order valence-electron chi connectivity index (χ4n) is 8.66. The molecule has 7 rings (SSSR count). The maximum Gasteiger partial charge on any atom is 0.412 e. The average molecular weight is 1380 g/mol. The lowest BCUT2D eigenvalue weighted by Crippen LogP contribution is -2.27. The number of esters is 2. The Morgan fingerprint density at radius 3 is 1.06 bits per heavy atom. The monoisotopic (exact) mass is 1380 g/mol. The van der Waals surface area contributed by atoms with Crippen molar-refractivity contribution in [3.05, 3.63) is 178 Å². The lowest BCUT2D eigenvalue weighted by Gasteiger charge is -2.21. The summed E-state index contributed by atoms with van der Waals surface area (Å²) in [4.78, 5) is 114. The lowest BCUT2D eigenvalue weighted by molar-refractivity contribution is -0.118. The Balaban J connectivity index is 0.000000315. The highest BCUT2D eigenvalue weighted by Crippen LogP contribution is 2.35. The minimum Gasteiger partial charge on any atom is -0.495 e. The number of carbonyl (C=O) groups excluding carboxylic acids is 9. The number of hydrogen-bond donors (Lipinski definition) is 8. The molecule has 0 fully saturated rings. The molecule has 27 heteroatoms. The smallest absolute Gasteiger partial charge is 0.412 e. The van der Waals surface area contributed by atoms with Gasteiger partial charge < -0.3 is 78.8 Å². The van der Waals surface area contributed by atoms with Crippen LogP contribution < -0.4 is 60.3 Å². The summed E-state index contributed by atoms with van der Waals surface area (Å²) >= 11 is 0. The first-order valence-corrected chi connectivity index (χ1v) is 31.2. The molecule has 100 heavy (non-hydrogen) atoms. The van der Waals surface area contributed by atoms with Gasteiger partial charge in [0.2, 0.25) is 0 Å². The van der Waals surface area contributed by atoms with Gasteiger partial charge in [0.25, 0.3) is 23.6 Å². The van der Waals surface area contributed by atoms with E-state index < -0.39 is 59.0 Å². The maximum absolute atomic E-state index is 13.6. The van der Waals surface area contributed by atoms with E-state index in [0.29, 0.717) is 29.4 Å². The highest BCUT2D eigenvalue weighted by atomic mass is 16.6. The van der Waals surface area contributed by atoms with E-state index in [9.17, 15) is 53.4 Å². The predicted molar refractivity (Wildman–Crippen MR) is 372 cm³/mol. The van der Waals surface area contributed by atoms with Crippen molar-refractivity contribution in [3.8, 4) is 34.5 Å². The number of hydrogen-bond acceptors (Lipinski definition) is 21. The number of aliphatic hydroxyl groups is 2. The predicted octanol–water partition coefficient (Wildman–Crippen LogP) is 12.0. The number of ether oxygens (including phenoxy) is 10. The van der Waals surface area contributed by atoms with E-state index in [-0.39, 0.29) is 131 Å². The van der Waals surface area contributed by atoms with Gasteiger partial charge in [0.15, 0.2) is 5.78 Å². The van der Waals surface area contributed by atoms with Crippen LogP contribution in [0.15, 0.2) is 140 Å². The SMILES string of the molecule is COC(=O)c1ccc(NC(=O)c2ccc(NC(=O)c3ccc(NC(=O)OC(C)(C)C)c(OCC(C)C)c3)c(OCc3ccccc3)c2)c(OC)c1.COC(=O)c1ccc(NC(=O)c2ccc(NC(=O)c3ccc(NC(=O)OC(C)(C)C)c(OCCO)c3)c(OCCO)c2)c(OCC(C)=O)c1. The molecule has 0 aliphatic carbocycles. The molecule has 6 amide bonds. The second kappa shape index (κ2) is 36.6. The van der Waals surface area contributed by atoms with Crippen molar-refractivity contribution in [2.24, 2.45) is 5.92 Å². The number of carbonyl (C=O) groups is 9. The van der Waals surface area contributed by atoms with Gasteiger partial charge in [0.1, 0.15) is 72.1 Å². The highest BCUT2D eigenvalue weighted by Gasteiger charge is 2.24. The third kappa shape index (κ3) is 24.1. The summed E-state index contributed by atoms with van der Waals surface area (Å²) in [6.07, 6.45) is -1.40. The Kier molecular flexibility index (Phi) is 28.3. The number of methoxy groups -OCH3 is 3. The van der Waals surface area contributed by atoms with Gasteiger partial charge >= 0.3 is 24.1 Å². The van der Waals surface area contributed by atoms with Crippen LogP contribution in [0.2, 0.25) is 0 Å². The Bertz CT molecular complexity index is 4070. The summed E-state index contributed by atoms with van der Waals surface area (Å²) in [6, 6.07) is 35.8. The fraction of sp³-hybridized carbons (Fsp3) is 0.301. The van der Waals surface area contributed by atoms with Crippen molar-refractivity contribution in [1.29, 1.82) is 0 Å². The second-order valence-electron chi connectivity index (χ2n) is 24.1. The van der Waals surface area contributed by atoms with Crippen LogP contribution in [0, 0.1) is 5.92 Å². The van der Waals surface area contributed by atoms with Gasteiger partial charge in [-0.05, 0) is 169 Å². The van der Waals surface area contributed by atoms with Gasteiger partial charge in [0.05, 0.1) is 86.4 Å². The van der Waals surface area contributed by atoms with Gasteiger partial charge in [0, 0.05) is 22.3 Å². The Morgan fingerprint density at radius 2 is 0.720 bits per heavy atom. The molecular weight excluding hydrogens is 1300 g/mol. The molecule has 0 radical (unpaired) electrons. The molecule has 0 aromatic heterocycles. The van der Waals surface area contributed by atoms with E-state index in [1.165, 1.54) is 113 Å². The number of anilines is 6. The van der Waals surface area contributed by atoms with E-state index in [4.69, 9.17) is 47.4 Å². The zero-order valence-corrected chi connectivity index (χ0v) is 57.5. The van der Waals surface area contributed by atoms with E-state index in [1.54, 1.807) is 65.8 Å². The molecule has 27 nitrogen and oxygen atoms in total. The Hall–Kier alpha value is -11.7. The number of Topliss-reactive ketones (excluding diaryl/α,β-unsaturated/α-hetero) is 1. The first kappa shape index (κ1) is 77.3. The van der Waals surface area contributed by atoms with Crippen LogP contribution in [-0.2, 0) is 30.3 Å². The molecule has 0 saturated heterocycles. The summed E-state index contributed by atoms with van der Waals surface area (Å²) < 4.78 is 54.3. The van der Waals surface area contributed by atoms with E-state index in [0.717, 1.165) is 5.56 Å². The second-order valence-corrected chi connectivity index (χ2v) is 24.1. The van der Waals surface area contributed by atoms with Gasteiger partial charge in [-0.1, -0.05) is 44.2 Å². The standard InChI is InChI=1S/C39H43N3O9.C34H39N3O12/c1-24(2)22-49-34-20-27(14-17-31(34)42-38(46)51-39(3,4)5)36(44)41-30-16-13-26(19-33(30)50-23-25-11-9-8-10-12-25)35(43)40-29-18-15-28(37(45)48-7)21-32(29)47-6;1-20(40)19-48-29-18-23(32(43)45-5)8-11-25(29)36-31(42)21-6-9-24(27(16-21)46-14-12-38)35-30(41)22-7-10-26(28(17-22)47-15-13-39)37-33(44)49-34(2,3)4/h8-21,24H,22-23H2,1-7H3,(H,40,43)(H,41,44)(H,42,46);6-11,16-18,38-39H,12-15,19H2,1-5H3,(H,35,41)(H,36,42)(H,37,44). The van der Waals surface area contributed by atoms with Crippen LogP contribution in [0.3, 0.4) is 0 Å². The van der Waals surface area contributed by atoms with Gasteiger partial charge in [-0.3, -0.25) is 34.6 Å². The summed E-state index contributed by atoms with van der Waals surface area (Å²) in [5, 5.41) is 34.9. The molecule has 8 N–H and O–H groups in total. The van der Waals surface area contributed by atoms with E-state index >= 15 is 0 Å². The number of amides is 6. The molecule has 0 aliphatic heterocycles. The van der Waals surface area contributed by atoms with E-state index in [2.05, 4.69) is 31.9 Å². The minimum atomic E-state index is -0.757. The van der Waals surface area contributed by atoms with Crippen molar-refractivity contribution >= 4 is 87.7 Å². The average Bonchev–Trinajstić information content (AvgIpc) is 0.827. The van der Waals surface area contributed by atoms with Crippen molar-refractivity contribution in [2.75, 3.05) is 92.9 Å². The van der Waals surface area contributed by atoms with E-state index in [1.807, 2.05) is 44.2 Å². The third-order valence-corrected chi connectivity index (χ3v) is 13.2. The van der Waals surface area contributed by atoms with Gasteiger partial charge in [-0.25, -0.2) is 19.2 Å². The summed E-state index contributed by atoms with van der Waals surface area (Å²) in [7, 11) is 3.91. The summed E-state index contributed by atoms with van der Waals surface area (Å²) in [6.45, 7) is 14.9. The molecule has 0 atom stereocenters. The van der Waals surface area contributed by atoms with Crippen LogP contribution in [0.5, 0.6) is 34.5 Å². The molecule has 0 heterocycles. The molecule has 0 spiro atoms. The lowest BCUT2D eigenvalue weighted by atomic mass is 10.1. The molecule has 0 bridgehead atoms. The quantitative estimate of drug-likeness (QED) is 0.0167. The Morgan fingerprint density at radius 1 is 0.400 bits per heavy atom. The molecule has 7 aromatic rings. The fourth-order valence-corrected chi connectivity index (χ4v) is 8.66. The summed E-state index contributed by atoms with van der Waals surface area (Å²) in [5.41, 5.74) is 2.04. The zero-order chi connectivity index (χ0) is 73.3. The third-order valence-electron chi connectivity index (χ3n) is 13.2. The number of aliphatic hydroxyl groups excluding tert-OH is 2. The number of nitrogens with one attached hydrogen (secondary N) is 6. The van der Waals surface area contributed by atoms with Crippen molar-refractivity contribution in [2.45, 2.75) is 80.1 Å². The maximum atomic E-state index is 13.6. The molecule has 0 aliphatic rings. The molecular formula is C73H82N6O21. The van der Waals surface area contributed by atoms with Crippen LogP contribution in [-0.4, -0.2) is 136 Å². The Labute approximate surface area is 578 Å². The molecule has 0 saturated carbocycles. The number of benzene rings is 7. The van der Waals surface area contributed by atoms with Crippen LogP contribution in [0.1, 0.15) is 130 Å². The number of ketones is 1. The molecule has 7 aromatic carbocycles. The first-order chi connectivity index (χ1) is 47.5. The van der Waals surface area contributed by atoms with Crippen LogP contribution >= 0.6 is 0 Å².